The number of benzene rings is 1. The third-order valence-electron chi connectivity index (χ3n) is 4.28. The number of aliphatic carboxylic acids is 1. The first-order valence-corrected chi connectivity index (χ1v) is 7.98. The van der Waals surface area contributed by atoms with Gasteiger partial charge in [0.05, 0.1) is 12.3 Å². The molecular formula is C17H20F3NO4. The maximum atomic E-state index is 12.5. The topological polar surface area (TPSA) is 66.8 Å². The van der Waals surface area contributed by atoms with Gasteiger partial charge in [-0.2, -0.15) is 13.2 Å². The Morgan fingerprint density at radius 3 is 2.72 bits per heavy atom. The lowest BCUT2D eigenvalue weighted by Crippen LogP contribution is -2.49. The van der Waals surface area contributed by atoms with E-state index in [2.05, 4.69) is 4.74 Å². The fourth-order valence-electron chi connectivity index (χ4n) is 3.01. The molecule has 1 heterocycles. The average Bonchev–Trinajstić information content (AvgIpc) is 2.52. The van der Waals surface area contributed by atoms with Crippen molar-refractivity contribution in [3.63, 3.8) is 0 Å². The highest BCUT2D eigenvalue weighted by Crippen LogP contribution is 2.25. The molecule has 0 aliphatic carbocycles. The molecule has 8 heteroatoms. The smallest absolute Gasteiger partial charge is 0.422 e. The van der Waals surface area contributed by atoms with Crippen LogP contribution in [0.1, 0.15) is 25.3 Å². The molecule has 25 heavy (non-hydrogen) atoms. The highest BCUT2D eigenvalue weighted by Gasteiger charge is 2.35. The van der Waals surface area contributed by atoms with Crippen molar-refractivity contribution in [1.29, 1.82) is 0 Å². The van der Waals surface area contributed by atoms with Gasteiger partial charge in [0, 0.05) is 12.6 Å². The Morgan fingerprint density at radius 1 is 1.36 bits per heavy atom. The Bertz CT molecular complexity index is 633. The molecule has 5 nitrogen and oxygen atoms in total. The van der Waals surface area contributed by atoms with Crippen LogP contribution < -0.4 is 4.74 Å². The zero-order valence-corrected chi connectivity index (χ0v) is 13.8. The van der Waals surface area contributed by atoms with E-state index in [1.165, 1.54) is 23.1 Å². The standard InChI is InChI=1S/C17H20F3NO4/c1-11-14(16(23)24)6-3-7-21(11)15(22)9-12-4-2-5-13(8-12)25-10-17(18,19)20/h2,4-5,8,11,14H,3,6-7,9-10H2,1H3,(H,23,24)/t11-,14-/m1/s1. The van der Waals surface area contributed by atoms with Crippen molar-refractivity contribution < 1.29 is 32.6 Å². The van der Waals surface area contributed by atoms with E-state index in [1.807, 2.05) is 0 Å². The lowest BCUT2D eigenvalue weighted by Gasteiger charge is -2.37. The Kier molecular flexibility index (Phi) is 5.92. The molecular weight excluding hydrogens is 339 g/mol. The van der Waals surface area contributed by atoms with Crippen LogP contribution in [0.4, 0.5) is 13.2 Å². The predicted molar refractivity (Wildman–Crippen MR) is 83.2 cm³/mol. The summed E-state index contributed by atoms with van der Waals surface area (Å²) in [6.45, 7) is 0.792. The van der Waals surface area contributed by atoms with E-state index >= 15 is 0 Å². The number of halogens is 3. The summed E-state index contributed by atoms with van der Waals surface area (Å²) in [7, 11) is 0. The Balaban J connectivity index is 2.01. The Labute approximate surface area is 143 Å². The van der Waals surface area contributed by atoms with Crippen molar-refractivity contribution in [3.8, 4) is 5.75 Å². The van der Waals surface area contributed by atoms with Crippen LogP contribution in [-0.2, 0) is 16.0 Å². The van der Waals surface area contributed by atoms with Crippen molar-refractivity contribution in [1.82, 2.24) is 4.90 Å². The first-order chi connectivity index (χ1) is 11.7. The highest BCUT2D eigenvalue weighted by atomic mass is 19.4. The van der Waals surface area contributed by atoms with Crippen molar-refractivity contribution in [3.05, 3.63) is 29.8 Å². The van der Waals surface area contributed by atoms with Crippen LogP contribution in [0.3, 0.4) is 0 Å². The van der Waals surface area contributed by atoms with Gasteiger partial charge >= 0.3 is 12.1 Å². The zero-order valence-electron chi connectivity index (χ0n) is 13.8. The molecule has 2 rings (SSSR count). The van der Waals surface area contributed by atoms with Crippen molar-refractivity contribution in [2.45, 2.75) is 38.4 Å². The summed E-state index contributed by atoms with van der Waals surface area (Å²) in [5, 5.41) is 9.21. The summed E-state index contributed by atoms with van der Waals surface area (Å²) in [6, 6.07) is 5.52. The van der Waals surface area contributed by atoms with E-state index in [-0.39, 0.29) is 18.1 Å². The number of likely N-dealkylation sites (tertiary alicyclic amines) is 1. The summed E-state index contributed by atoms with van der Waals surface area (Å²) in [5.41, 5.74) is 0.523. The van der Waals surface area contributed by atoms with E-state index in [4.69, 9.17) is 0 Å². The largest absolute Gasteiger partial charge is 0.484 e. The van der Waals surface area contributed by atoms with E-state index in [9.17, 15) is 27.9 Å². The molecule has 1 aliphatic heterocycles. The summed E-state index contributed by atoms with van der Waals surface area (Å²) in [6.07, 6.45) is -3.30. The van der Waals surface area contributed by atoms with Gasteiger partial charge in [-0.1, -0.05) is 12.1 Å². The Hall–Kier alpha value is -2.25. The lowest BCUT2D eigenvalue weighted by molar-refractivity contribution is -0.153. The van der Waals surface area contributed by atoms with Crippen LogP contribution in [0.5, 0.6) is 5.75 Å². The van der Waals surface area contributed by atoms with Gasteiger partial charge in [0.15, 0.2) is 6.61 Å². The maximum Gasteiger partial charge on any atom is 0.422 e. The minimum absolute atomic E-state index is 0.0140. The average molecular weight is 359 g/mol. The number of ether oxygens (including phenoxy) is 1. The van der Waals surface area contributed by atoms with Crippen LogP contribution >= 0.6 is 0 Å². The second-order valence-corrected chi connectivity index (χ2v) is 6.14. The third kappa shape index (κ3) is 5.37. The highest BCUT2D eigenvalue weighted by molar-refractivity contribution is 5.80. The van der Waals surface area contributed by atoms with Crippen molar-refractivity contribution in [2.24, 2.45) is 5.92 Å². The number of nitrogens with zero attached hydrogens (tertiary/aromatic N) is 1. The molecule has 0 bridgehead atoms. The number of piperidine rings is 1. The number of hydrogen-bond donors (Lipinski definition) is 1. The first kappa shape index (κ1) is 19.1. The molecule has 138 valence electrons. The number of hydrogen-bond acceptors (Lipinski definition) is 3. The minimum atomic E-state index is -4.43. The van der Waals surface area contributed by atoms with Gasteiger partial charge in [0.2, 0.25) is 5.91 Å². The minimum Gasteiger partial charge on any atom is -0.484 e. The number of carbonyl (C=O) groups excluding carboxylic acids is 1. The summed E-state index contributed by atoms with van der Waals surface area (Å²) in [5.74, 6) is -1.73. The lowest BCUT2D eigenvalue weighted by atomic mass is 9.90. The molecule has 1 saturated heterocycles. The third-order valence-corrected chi connectivity index (χ3v) is 4.28. The second-order valence-electron chi connectivity index (χ2n) is 6.14. The number of carboxylic acids is 1. The molecule has 0 aromatic heterocycles. The number of alkyl halides is 3. The monoisotopic (exact) mass is 359 g/mol. The molecule has 1 N–H and O–H groups in total. The zero-order chi connectivity index (χ0) is 18.6. The van der Waals surface area contributed by atoms with Crippen molar-refractivity contribution in [2.75, 3.05) is 13.2 Å². The number of amides is 1. The van der Waals surface area contributed by atoms with Crippen LogP contribution in [0, 0.1) is 5.92 Å². The van der Waals surface area contributed by atoms with Crippen LogP contribution in [0.2, 0.25) is 0 Å². The maximum absolute atomic E-state index is 12.5. The summed E-state index contributed by atoms with van der Waals surface area (Å²) < 4.78 is 41.3. The van der Waals surface area contributed by atoms with Crippen LogP contribution in [0.15, 0.2) is 24.3 Å². The van der Waals surface area contributed by atoms with E-state index < -0.39 is 30.7 Å². The summed E-state index contributed by atoms with van der Waals surface area (Å²) >= 11 is 0. The normalized spacial score (nSPS) is 21.0. The summed E-state index contributed by atoms with van der Waals surface area (Å²) in [4.78, 5) is 25.3. The van der Waals surface area contributed by atoms with Gasteiger partial charge in [-0.25, -0.2) is 0 Å². The van der Waals surface area contributed by atoms with Gasteiger partial charge in [0.1, 0.15) is 5.75 Å². The van der Waals surface area contributed by atoms with Crippen molar-refractivity contribution >= 4 is 11.9 Å². The van der Waals surface area contributed by atoms with E-state index in [0.717, 1.165) is 0 Å². The molecule has 1 aromatic rings. The molecule has 1 aromatic carbocycles. The SMILES string of the molecule is C[C@@H]1[C@H](C(=O)O)CCCN1C(=O)Cc1cccc(OCC(F)(F)F)c1. The number of carbonyl (C=O) groups is 2. The van der Waals surface area contributed by atoms with Gasteiger partial charge < -0.3 is 14.7 Å². The quantitative estimate of drug-likeness (QED) is 0.878. The molecule has 2 atom stereocenters. The van der Waals surface area contributed by atoms with Crippen LogP contribution in [-0.4, -0.2) is 47.3 Å². The molecule has 0 spiro atoms. The van der Waals surface area contributed by atoms with Crippen LogP contribution in [0.25, 0.3) is 0 Å². The molecule has 0 radical (unpaired) electrons. The first-order valence-electron chi connectivity index (χ1n) is 7.98. The van der Waals surface area contributed by atoms with Gasteiger partial charge in [-0.15, -0.1) is 0 Å². The fourth-order valence-corrected chi connectivity index (χ4v) is 3.01. The van der Waals surface area contributed by atoms with Gasteiger partial charge in [-0.05, 0) is 37.5 Å². The molecule has 1 fully saturated rings. The van der Waals surface area contributed by atoms with E-state index in [1.54, 1.807) is 13.0 Å². The predicted octanol–water partition coefficient (Wildman–Crippen LogP) is 2.88. The number of rotatable bonds is 5. The molecule has 1 aliphatic rings. The number of carboxylic acid groups (broad SMARTS) is 1. The fraction of sp³-hybridized carbons (Fsp3) is 0.529. The molecule has 0 saturated carbocycles. The van der Waals surface area contributed by atoms with Gasteiger partial charge in [0.25, 0.3) is 0 Å². The second kappa shape index (κ2) is 7.76. The van der Waals surface area contributed by atoms with E-state index in [0.29, 0.717) is 24.9 Å². The molecule has 0 unspecified atom stereocenters. The molecule has 1 amide bonds. The Morgan fingerprint density at radius 2 is 2.08 bits per heavy atom. The van der Waals surface area contributed by atoms with Gasteiger partial charge in [-0.3, -0.25) is 9.59 Å².